The zero-order valence-corrected chi connectivity index (χ0v) is 11.6. The molecule has 2 aromatic rings. The summed E-state index contributed by atoms with van der Waals surface area (Å²) in [5, 5.41) is 0.622. The van der Waals surface area contributed by atoms with E-state index in [2.05, 4.69) is 21.9 Å². The number of carbonyl (C=O) groups excluding carboxylic acids is 1. The van der Waals surface area contributed by atoms with Crippen LogP contribution in [0.3, 0.4) is 0 Å². The van der Waals surface area contributed by atoms with Gasteiger partial charge in [-0.3, -0.25) is 15.6 Å². The molecule has 1 amide bonds. The van der Waals surface area contributed by atoms with Crippen molar-refractivity contribution in [3.63, 3.8) is 0 Å². The molecule has 1 aliphatic heterocycles. The summed E-state index contributed by atoms with van der Waals surface area (Å²) >= 11 is 1.47. The first-order chi connectivity index (χ1) is 9.72. The van der Waals surface area contributed by atoms with Gasteiger partial charge in [0.25, 0.3) is 0 Å². The van der Waals surface area contributed by atoms with E-state index in [1.807, 2.05) is 19.1 Å². The number of ether oxygens (including phenoxy) is 2. The zero-order valence-electron chi connectivity index (χ0n) is 10.8. The van der Waals surface area contributed by atoms with Crippen LogP contribution >= 0.6 is 11.3 Å². The first-order valence-electron chi connectivity index (χ1n) is 6.10. The van der Waals surface area contributed by atoms with E-state index in [-0.39, 0.29) is 11.7 Å². The highest BCUT2D eigenvalue weighted by Crippen LogP contribution is 2.26. The highest BCUT2D eigenvalue weighted by Gasteiger charge is 2.15. The highest BCUT2D eigenvalue weighted by molar-refractivity contribution is 7.22. The van der Waals surface area contributed by atoms with E-state index in [4.69, 9.17) is 9.47 Å². The lowest BCUT2D eigenvalue weighted by Crippen LogP contribution is -2.32. The number of hydrogen-bond acceptors (Lipinski definition) is 6. The Labute approximate surface area is 119 Å². The van der Waals surface area contributed by atoms with Crippen LogP contribution in [0.5, 0.6) is 0 Å². The predicted octanol–water partition coefficient (Wildman–Crippen LogP) is 1.94. The van der Waals surface area contributed by atoms with Gasteiger partial charge in [0, 0.05) is 0 Å². The number of benzene rings is 1. The van der Waals surface area contributed by atoms with Gasteiger partial charge >= 0.3 is 5.91 Å². The Morgan fingerprint density at radius 3 is 3.10 bits per heavy atom. The van der Waals surface area contributed by atoms with Crippen molar-refractivity contribution < 1.29 is 14.3 Å². The minimum atomic E-state index is -0.389. The number of fused-ring (bicyclic) bond motifs is 1. The lowest BCUT2D eigenvalue weighted by molar-refractivity contribution is -0.121. The summed E-state index contributed by atoms with van der Waals surface area (Å²) in [5.41, 5.74) is 7.38. The number of nitrogens with one attached hydrogen (secondary N) is 2. The largest absolute Gasteiger partial charge is 0.494 e. The number of nitrogens with zero attached hydrogens (tertiary/aromatic N) is 1. The summed E-state index contributed by atoms with van der Waals surface area (Å²) in [7, 11) is 0. The van der Waals surface area contributed by atoms with Gasteiger partial charge in [-0.05, 0) is 24.6 Å². The number of aromatic nitrogens is 1. The summed E-state index contributed by atoms with van der Waals surface area (Å²) in [6.07, 6.45) is 1.31. The van der Waals surface area contributed by atoms with E-state index in [1.165, 1.54) is 23.2 Å². The molecule has 0 unspecified atom stereocenters. The number of hydrazine groups is 1. The maximum Gasteiger partial charge on any atom is 0.307 e. The molecule has 0 atom stereocenters. The van der Waals surface area contributed by atoms with Gasteiger partial charge in [0.15, 0.2) is 0 Å². The van der Waals surface area contributed by atoms with Crippen LogP contribution in [0.15, 0.2) is 30.2 Å². The summed E-state index contributed by atoms with van der Waals surface area (Å²) in [6.45, 7) is 2.86. The number of rotatable bonds is 3. The van der Waals surface area contributed by atoms with Crippen molar-refractivity contribution in [2.24, 2.45) is 0 Å². The monoisotopic (exact) mass is 291 g/mol. The van der Waals surface area contributed by atoms with Crippen LogP contribution in [0.4, 0.5) is 5.13 Å². The van der Waals surface area contributed by atoms with E-state index in [0.717, 1.165) is 10.2 Å². The molecule has 0 spiro atoms. The SMILES string of the molecule is Cc1ccc2nc(NNC(=O)C3=COCCO3)sc2c1. The smallest absolute Gasteiger partial charge is 0.307 e. The van der Waals surface area contributed by atoms with Gasteiger partial charge in [-0.25, -0.2) is 4.98 Å². The van der Waals surface area contributed by atoms with Crippen molar-refractivity contribution in [1.82, 2.24) is 10.4 Å². The van der Waals surface area contributed by atoms with Gasteiger partial charge in [0.2, 0.25) is 10.9 Å². The van der Waals surface area contributed by atoms with Gasteiger partial charge in [-0.15, -0.1) is 0 Å². The second-order valence-electron chi connectivity index (χ2n) is 4.27. The van der Waals surface area contributed by atoms with E-state index in [0.29, 0.717) is 18.3 Å². The fourth-order valence-electron chi connectivity index (χ4n) is 1.74. The molecule has 3 rings (SSSR count). The first kappa shape index (κ1) is 12.7. The molecule has 7 heteroatoms. The lowest BCUT2D eigenvalue weighted by atomic mass is 10.2. The number of anilines is 1. The Morgan fingerprint density at radius 2 is 2.30 bits per heavy atom. The third kappa shape index (κ3) is 2.67. The average Bonchev–Trinajstić information content (AvgIpc) is 2.87. The second kappa shape index (κ2) is 5.38. The molecule has 2 N–H and O–H groups in total. The molecule has 1 aliphatic rings. The van der Waals surface area contributed by atoms with E-state index in [1.54, 1.807) is 0 Å². The van der Waals surface area contributed by atoms with Crippen molar-refractivity contribution in [2.45, 2.75) is 6.92 Å². The Hall–Kier alpha value is -2.28. The average molecular weight is 291 g/mol. The van der Waals surface area contributed by atoms with Crippen LogP contribution in [0.1, 0.15) is 5.56 Å². The highest BCUT2D eigenvalue weighted by atomic mass is 32.1. The van der Waals surface area contributed by atoms with Crippen LogP contribution in [0.25, 0.3) is 10.2 Å². The Balaban J connectivity index is 1.67. The molecule has 0 saturated carbocycles. The molecule has 0 fully saturated rings. The second-order valence-corrected chi connectivity index (χ2v) is 5.30. The maximum atomic E-state index is 11.8. The molecule has 1 aromatic heterocycles. The van der Waals surface area contributed by atoms with Gasteiger partial charge in [0.1, 0.15) is 19.5 Å². The maximum absolute atomic E-state index is 11.8. The Kier molecular flexibility index (Phi) is 3.42. The van der Waals surface area contributed by atoms with Gasteiger partial charge in [0.05, 0.1) is 10.2 Å². The molecule has 20 heavy (non-hydrogen) atoms. The van der Waals surface area contributed by atoms with Crippen molar-refractivity contribution in [3.8, 4) is 0 Å². The third-order valence-corrected chi connectivity index (χ3v) is 3.63. The normalized spacial score (nSPS) is 14.2. The topological polar surface area (TPSA) is 72.5 Å². The lowest BCUT2D eigenvalue weighted by Gasteiger charge is -2.14. The molecule has 0 bridgehead atoms. The first-order valence-corrected chi connectivity index (χ1v) is 6.92. The molecule has 2 heterocycles. The molecule has 1 aromatic carbocycles. The Bertz CT molecular complexity index is 681. The van der Waals surface area contributed by atoms with E-state index < -0.39 is 0 Å². The van der Waals surface area contributed by atoms with Crippen LogP contribution in [-0.2, 0) is 14.3 Å². The molecule has 0 aliphatic carbocycles. The number of hydrogen-bond donors (Lipinski definition) is 2. The van der Waals surface area contributed by atoms with Crippen LogP contribution in [-0.4, -0.2) is 24.1 Å². The predicted molar refractivity (Wildman–Crippen MR) is 76.1 cm³/mol. The fourth-order valence-corrected chi connectivity index (χ4v) is 2.66. The molecule has 104 valence electrons. The van der Waals surface area contributed by atoms with Crippen LogP contribution < -0.4 is 10.9 Å². The summed E-state index contributed by atoms with van der Waals surface area (Å²) in [4.78, 5) is 16.1. The summed E-state index contributed by atoms with van der Waals surface area (Å²) in [6, 6.07) is 6.01. The quantitative estimate of drug-likeness (QED) is 0.846. The van der Waals surface area contributed by atoms with E-state index >= 15 is 0 Å². The minimum absolute atomic E-state index is 0.153. The van der Waals surface area contributed by atoms with Crippen LogP contribution in [0, 0.1) is 6.92 Å². The molecule has 0 saturated heterocycles. The Morgan fingerprint density at radius 1 is 1.40 bits per heavy atom. The standard InChI is InChI=1S/C13H13N3O3S/c1-8-2-3-9-11(6-8)20-13(14-9)16-15-12(17)10-7-18-4-5-19-10/h2-3,6-7H,4-5H2,1H3,(H,14,16)(H,15,17). The van der Waals surface area contributed by atoms with Crippen LogP contribution in [0.2, 0.25) is 0 Å². The fraction of sp³-hybridized carbons (Fsp3) is 0.231. The zero-order chi connectivity index (χ0) is 13.9. The summed E-state index contributed by atoms with van der Waals surface area (Å²) in [5.74, 6) is -0.235. The van der Waals surface area contributed by atoms with Crippen molar-refractivity contribution in [3.05, 3.63) is 35.8 Å². The molecule has 6 nitrogen and oxygen atoms in total. The van der Waals surface area contributed by atoms with Gasteiger partial charge in [-0.2, -0.15) is 0 Å². The number of carbonyl (C=O) groups is 1. The molecular weight excluding hydrogens is 278 g/mol. The third-order valence-electron chi connectivity index (χ3n) is 2.70. The molecule has 0 radical (unpaired) electrons. The van der Waals surface area contributed by atoms with E-state index in [9.17, 15) is 4.79 Å². The van der Waals surface area contributed by atoms with Crippen molar-refractivity contribution >= 4 is 32.6 Å². The van der Waals surface area contributed by atoms with Crippen molar-refractivity contribution in [1.29, 1.82) is 0 Å². The minimum Gasteiger partial charge on any atom is -0.494 e. The number of amides is 1. The number of aryl methyl sites for hydroxylation is 1. The van der Waals surface area contributed by atoms with Gasteiger partial charge < -0.3 is 9.47 Å². The van der Waals surface area contributed by atoms with Crippen molar-refractivity contribution in [2.75, 3.05) is 18.6 Å². The molecular formula is C13H13N3O3S. The number of thiazole rings is 1. The van der Waals surface area contributed by atoms with Gasteiger partial charge in [-0.1, -0.05) is 17.4 Å². The summed E-state index contributed by atoms with van der Waals surface area (Å²) < 4.78 is 11.3.